The van der Waals surface area contributed by atoms with Crippen LogP contribution in [0.5, 0.6) is 17.2 Å². The van der Waals surface area contributed by atoms with Gasteiger partial charge in [-0.25, -0.2) is 4.79 Å². The maximum absolute atomic E-state index is 12.3. The number of Topliss-reactive ketones (excluding diaryl/α,β-unsaturated/α-hetero) is 1. The standard InChI is InChI=1S/C22H20O6/c1-25-16-10-11-18(21(12-16)26-2)19(23)13-28-22(24)14-27-20-9-5-7-15-6-3-4-8-17(15)20/h3-12H,13-14H2,1-2H3. The molecule has 0 fully saturated rings. The normalized spacial score (nSPS) is 10.4. The highest BCUT2D eigenvalue weighted by atomic mass is 16.6. The van der Waals surface area contributed by atoms with Crippen molar-refractivity contribution in [1.29, 1.82) is 0 Å². The summed E-state index contributed by atoms with van der Waals surface area (Å²) in [4.78, 5) is 24.3. The third-order valence-electron chi connectivity index (χ3n) is 4.17. The zero-order chi connectivity index (χ0) is 19.9. The summed E-state index contributed by atoms with van der Waals surface area (Å²) in [5.74, 6) is 0.492. The van der Waals surface area contributed by atoms with Crippen molar-refractivity contribution in [2.75, 3.05) is 27.4 Å². The van der Waals surface area contributed by atoms with E-state index in [1.165, 1.54) is 14.2 Å². The van der Waals surface area contributed by atoms with Crippen LogP contribution in [0, 0.1) is 0 Å². The molecule has 0 unspecified atom stereocenters. The molecule has 0 saturated heterocycles. The smallest absolute Gasteiger partial charge is 0.344 e. The van der Waals surface area contributed by atoms with Crippen molar-refractivity contribution >= 4 is 22.5 Å². The van der Waals surface area contributed by atoms with Gasteiger partial charge in [0.1, 0.15) is 17.2 Å². The molecule has 6 heteroatoms. The Bertz CT molecular complexity index is 990. The number of methoxy groups -OCH3 is 2. The van der Waals surface area contributed by atoms with E-state index in [9.17, 15) is 9.59 Å². The largest absolute Gasteiger partial charge is 0.497 e. The van der Waals surface area contributed by atoms with Gasteiger partial charge in [0.2, 0.25) is 5.78 Å². The molecule has 0 spiro atoms. The highest BCUT2D eigenvalue weighted by Crippen LogP contribution is 2.26. The summed E-state index contributed by atoms with van der Waals surface area (Å²) in [7, 11) is 2.98. The highest BCUT2D eigenvalue weighted by Gasteiger charge is 2.16. The molecule has 6 nitrogen and oxygen atoms in total. The van der Waals surface area contributed by atoms with Crippen LogP contribution in [-0.4, -0.2) is 39.2 Å². The summed E-state index contributed by atoms with van der Waals surface area (Å²) in [6.07, 6.45) is 0. The van der Waals surface area contributed by atoms with Crippen molar-refractivity contribution in [3.63, 3.8) is 0 Å². The molecule has 3 rings (SSSR count). The summed E-state index contributed by atoms with van der Waals surface area (Å²) >= 11 is 0. The molecule has 3 aromatic rings. The quantitative estimate of drug-likeness (QED) is 0.439. The third kappa shape index (κ3) is 4.40. The molecule has 3 aromatic carbocycles. The number of carbonyl (C=O) groups excluding carboxylic acids is 2. The number of esters is 1. The lowest BCUT2D eigenvalue weighted by molar-refractivity contribution is -0.144. The first-order chi connectivity index (χ1) is 13.6. The Morgan fingerprint density at radius 3 is 2.39 bits per heavy atom. The van der Waals surface area contributed by atoms with Crippen LogP contribution in [0.2, 0.25) is 0 Å². The van der Waals surface area contributed by atoms with E-state index in [1.807, 2.05) is 36.4 Å². The van der Waals surface area contributed by atoms with Gasteiger partial charge in [0, 0.05) is 11.5 Å². The summed E-state index contributed by atoms with van der Waals surface area (Å²) in [5, 5.41) is 1.91. The Morgan fingerprint density at radius 2 is 1.61 bits per heavy atom. The van der Waals surface area contributed by atoms with Crippen molar-refractivity contribution in [2.45, 2.75) is 0 Å². The van der Waals surface area contributed by atoms with Gasteiger partial charge in [0.05, 0.1) is 19.8 Å². The average molecular weight is 380 g/mol. The zero-order valence-electron chi connectivity index (χ0n) is 15.6. The van der Waals surface area contributed by atoms with E-state index < -0.39 is 12.6 Å². The molecule has 0 amide bonds. The number of ketones is 1. The first kappa shape index (κ1) is 19.2. The zero-order valence-corrected chi connectivity index (χ0v) is 15.6. The number of hydrogen-bond donors (Lipinski definition) is 0. The maximum Gasteiger partial charge on any atom is 0.344 e. The molecule has 28 heavy (non-hydrogen) atoms. The van der Waals surface area contributed by atoms with Crippen molar-refractivity contribution in [3.8, 4) is 17.2 Å². The summed E-state index contributed by atoms with van der Waals surface area (Å²) in [5.41, 5.74) is 0.311. The molecule has 144 valence electrons. The maximum atomic E-state index is 12.3. The number of benzene rings is 3. The summed E-state index contributed by atoms with van der Waals surface area (Å²) in [6.45, 7) is -0.693. The lowest BCUT2D eigenvalue weighted by Crippen LogP contribution is -2.20. The van der Waals surface area contributed by atoms with Gasteiger partial charge in [0.25, 0.3) is 0 Å². The Hall–Kier alpha value is -3.54. The predicted molar refractivity (Wildman–Crippen MR) is 104 cm³/mol. The van der Waals surface area contributed by atoms with E-state index in [-0.39, 0.29) is 12.4 Å². The number of carbonyl (C=O) groups is 2. The number of ether oxygens (including phenoxy) is 4. The van der Waals surface area contributed by atoms with Crippen molar-refractivity contribution in [2.24, 2.45) is 0 Å². The lowest BCUT2D eigenvalue weighted by Gasteiger charge is -2.11. The Kier molecular flexibility index (Phi) is 6.11. The van der Waals surface area contributed by atoms with Gasteiger partial charge in [-0.2, -0.15) is 0 Å². The second-order valence-electron chi connectivity index (χ2n) is 5.92. The number of hydrogen-bond acceptors (Lipinski definition) is 6. The molecule has 0 aliphatic rings. The van der Waals surface area contributed by atoms with E-state index in [4.69, 9.17) is 18.9 Å². The van der Waals surface area contributed by atoms with Gasteiger partial charge >= 0.3 is 5.97 Å². The molecule has 0 aromatic heterocycles. The van der Waals surface area contributed by atoms with E-state index in [1.54, 1.807) is 24.3 Å². The molecular weight excluding hydrogens is 360 g/mol. The van der Waals surface area contributed by atoms with Crippen LogP contribution in [0.4, 0.5) is 0 Å². The molecule has 0 aliphatic carbocycles. The number of fused-ring (bicyclic) bond motifs is 1. The van der Waals surface area contributed by atoms with E-state index in [2.05, 4.69) is 0 Å². The van der Waals surface area contributed by atoms with Crippen LogP contribution < -0.4 is 14.2 Å². The van der Waals surface area contributed by atoms with Gasteiger partial charge in [-0.1, -0.05) is 36.4 Å². The first-order valence-electron chi connectivity index (χ1n) is 8.64. The fourth-order valence-corrected chi connectivity index (χ4v) is 2.75. The molecule has 0 bridgehead atoms. The predicted octanol–water partition coefficient (Wildman–Crippen LogP) is 3.66. The van der Waals surface area contributed by atoms with Crippen molar-refractivity contribution in [3.05, 3.63) is 66.2 Å². The Balaban J connectivity index is 1.58. The van der Waals surface area contributed by atoms with E-state index in [0.717, 1.165) is 10.8 Å². The SMILES string of the molecule is COc1ccc(C(=O)COC(=O)COc2cccc3ccccc23)c(OC)c1. The van der Waals surface area contributed by atoms with Gasteiger partial charge < -0.3 is 18.9 Å². The van der Waals surface area contributed by atoms with Gasteiger partial charge in [-0.15, -0.1) is 0 Å². The van der Waals surface area contributed by atoms with Crippen LogP contribution in [0.15, 0.2) is 60.7 Å². The van der Waals surface area contributed by atoms with Gasteiger partial charge in [-0.3, -0.25) is 4.79 Å². The second kappa shape index (κ2) is 8.90. The minimum absolute atomic E-state index is 0.291. The molecule has 0 N–H and O–H groups in total. The fraction of sp³-hybridized carbons (Fsp3) is 0.182. The van der Waals surface area contributed by atoms with Crippen LogP contribution in [0.3, 0.4) is 0 Å². The van der Waals surface area contributed by atoms with Crippen LogP contribution in [0.1, 0.15) is 10.4 Å². The molecule has 0 saturated carbocycles. The van der Waals surface area contributed by atoms with Crippen LogP contribution >= 0.6 is 0 Å². The minimum Gasteiger partial charge on any atom is -0.497 e. The topological polar surface area (TPSA) is 71.1 Å². The summed E-state index contributed by atoms with van der Waals surface area (Å²) in [6, 6.07) is 18.1. The Labute approximate surface area is 162 Å². The third-order valence-corrected chi connectivity index (χ3v) is 4.17. The van der Waals surface area contributed by atoms with Crippen LogP contribution in [-0.2, 0) is 9.53 Å². The fourth-order valence-electron chi connectivity index (χ4n) is 2.75. The minimum atomic E-state index is -0.631. The molecular formula is C22H20O6. The van der Waals surface area contributed by atoms with Gasteiger partial charge in [0.15, 0.2) is 13.2 Å². The average Bonchev–Trinajstić information content (AvgIpc) is 2.75. The second-order valence-corrected chi connectivity index (χ2v) is 5.92. The first-order valence-corrected chi connectivity index (χ1v) is 8.64. The number of rotatable bonds is 8. The lowest BCUT2D eigenvalue weighted by atomic mass is 10.1. The Morgan fingerprint density at radius 1 is 0.821 bits per heavy atom. The van der Waals surface area contributed by atoms with Crippen molar-refractivity contribution < 1.29 is 28.5 Å². The molecule has 0 aliphatic heterocycles. The van der Waals surface area contributed by atoms with Crippen LogP contribution in [0.25, 0.3) is 10.8 Å². The monoisotopic (exact) mass is 380 g/mol. The highest BCUT2D eigenvalue weighted by molar-refractivity contribution is 6.00. The van der Waals surface area contributed by atoms with Crippen molar-refractivity contribution in [1.82, 2.24) is 0 Å². The molecule has 0 atom stereocenters. The van der Waals surface area contributed by atoms with E-state index >= 15 is 0 Å². The summed E-state index contributed by atoms with van der Waals surface area (Å²) < 4.78 is 20.9. The molecule has 0 heterocycles. The van der Waals surface area contributed by atoms with E-state index in [0.29, 0.717) is 22.8 Å². The van der Waals surface area contributed by atoms with Gasteiger partial charge in [-0.05, 0) is 23.6 Å². The molecule has 0 radical (unpaired) electrons.